The van der Waals surface area contributed by atoms with Crippen LogP contribution in [0.2, 0.25) is 0 Å². The number of benzene rings is 1. The number of rotatable bonds is 3. The number of carbonyl (C=O) groups is 2. The van der Waals surface area contributed by atoms with E-state index in [-0.39, 0.29) is 5.69 Å². The molecule has 2 aromatic rings. The van der Waals surface area contributed by atoms with E-state index in [0.29, 0.717) is 16.7 Å². The van der Waals surface area contributed by atoms with Gasteiger partial charge in [0.2, 0.25) is 0 Å². The zero-order valence-electron chi connectivity index (χ0n) is 10.0. The van der Waals surface area contributed by atoms with Crippen LogP contribution in [-0.4, -0.2) is 34.0 Å². The summed E-state index contributed by atoms with van der Waals surface area (Å²) >= 11 is 0. The minimum Gasteiger partial charge on any atom is -0.478 e. The van der Waals surface area contributed by atoms with Crippen molar-refractivity contribution in [2.75, 3.05) is 11.9 Å². The standard InChI is InChI=1S/C12H11N3O4/c1-15(10(16)4-5-11(17)18)7-2-3-8-9(6-7)14-12(19)13-8/h2-6H,1H3,(H,17,18)(H2,13,14,19)/b5-4+. The van der Waals surface area contributed by atoms with Crippen molar-refractivity contribution >= 4 is 28.6 Å². The van der Waals surface area contributed by atoms with Crippen molar-refractivity contribution in [3.05, 3.63) is 40.8 Å². The first-order valence-electron chi connectivity index (χ1n) is 5.38. The molecule has 0 saturated heterocycles. The topological polar surface area (TPSA) is 106 Å². The van der Waals surface area contributed by atoms with Gasteiger partial charge >= 0.3 is 11.7 Å². The minimum atomic E-state index is -1.19. The van der Waals surface area contributed by atoms with E-state index in [1.54, 1.807) is 18.2 Å². The summed E-state index contributed by atoms with van der Waals surface area (Å²) in [5.74, 6) is -1.66. The van der Waals surface area contributed by atoms with Gasteiger partial charge < -0.3 is 20.0 Å². The molecular weight excluding hydrogens is 250 g/mol. The Morgan fingerprint density at radius 1 is 1.21 bits per heavy atom. The predicted molar refractivity (Wildman–Crippen MR) is 69.1 cm³/mol. The molecule has 0 radical (unpaired) electrons. The van der Waals surface area contributed by atoms with Crippen molar-refractivity contribution in [1.82, 2.24) is 9.97 Å². The largest absolute Gasteiger partial charge is 0.478 e. The van der Waals surface area contributed by atoms with Gasteiger partial charge in [0.1, 0.15) is 0 Å². The molecule has 0 bridgehead atoms. The average Bonchev–Trinajstić information content (AvgIpc) is 2.73. The highest BCUT2D eigenvalue weighted by molar-refractivity contribution is 6.04. The first-order chi connectivity index (χ1) is 8.97. The van der Waals surface area contributed by atoms with Crippen LogP contribution in [-0.2, 0) is 9.59 Å². The highest BCUT2D eigenvalue weighted by atomic mass is 16.4. The molecule has 19 heavy (non-hydrogen) atoms. The van der Waals surface area contributed by atoms with Gasteiger partial charge in [0.25, 0.3) is 5.91 Å². The van der Waals surface area contributed by atoms with Crippen LogP contribution >= 0.6 is 0 Å². The van der Waals surface area contributed by atoms with Crippen LogP contribution in [0.5, 0.6) is 0 Å². The molecule has 2 rings (SSSR count). The highest BCUT2D eigenvalue weighted by Crippen LogP contribution is 2.18. The summed E-state index contributed by atoms with van der Waals surface area (Å²) in [4.78, 5) is 39.6. The van der Waals surface area contributed by atoms with E-state index >= 15 is 0 Å². The van der Waals surface area contributed by atoms with Crippen molar-refractivity contribution in [1.29, 1.82) is 0 Å². The van der Waals surface area contributed by atoms with Crippen molar-refractivity contribution in [3.8, 4) is 0 Å². The van der Waals surface area contributed by atoms with Crippen LogP contribution in [0.1, 0.15) is 0 Å². The van der Waals surface area contributed by atoms with Gasteiger partial charge in [-0.15, -0.1) is 0 Å². The monoisotopic (exact) mass is 261 g/mol. The molecule has 0 unspecified atom stereocenters. The molecule has 0 aliphatic carbocycles. The Kier molecular flexibility index (Phi) is 3.19. The molecule has 0 atom stereocenters. The molecule has 0 spiro atoms. The first-order valence-corrected chi connectivity index (χ1v) is 5.38. The number of aromatic nitrogens is 2. The van der Waals surface area contributed by atoms with Crippen LogP contribution in [0, 0.1) is 0 Å². The maximum atomic E-state index is 11.7. The van der Waals surface area contributed by atoms with Gasteiger partial charge in [-0.25, -0.2) is 9.59 Å². The molecular formula is C12H11N3O4. The van der Waals surface area contributed by atoms with Gasteiger partial charge in [0.15, 0.2) is 0 Å². The first kappa shape index (κ1) is 12.6. The second-order valence-electron chi connectivity index (χ2n) is 3.88. The Morgan fingerprint density at radius 3 is 2.58 bits per heavy atom. The van der Waals surface area contributed by atoms with E-state index in [1.807, 2.05) is 0 Å². The molecule has 0 saturated carbocycles. The average molecular weight is 261 g/mol. The van der Waals surface area contributed by atoms with Crippen LogP contribution in [0.15, 0.2) is 35.1 Å². The number of aliphatic carboxylic acids is 1. The number of H-pyrrole nitrogens is 2. The number of anilines is 1. The second-order valence-corrected chi connectivity index (χ2v) is 3.88. The van der Waals surface area contributed by atoms with Gasteiger partial charge in [0.05, 0.1) is 11.0 Å². The summed E-state index contributed by atoms with van der Waals surface area (Å²) in [6.07, 6.45) is 1.74. The Balaban J connectivity index is 2.30. The Hall–Kier alpha value is -2.83. The lowest BCUT2D eigenvalue weighted by Gasteiger charge is -2.14. The third-order valence-corrected chi connectivity index (χ3v) is 2.59. The molecule has 3 N–H and O–H groups in total. The number of carboxylic acids is 1. The number of carboxylic acid groups (broad SMARTS) is 1. The number of hydrogen-bond donors (Lipinski definition) is 3. The fraction of sp³-hybridized carbons (Fsp3) is 0.0833. The van der Waals surface area contributed by atoms with E-state index in [4.69, 9.17) is 5.11 Å². The summed E-state index contributed by atoms with van der Waals surface area (Å²) in [7, 11) is 1.51. The SMILES string of the molecule is CN(C(=O)/C=C/C(=O)O)c1ccc2[nH]c(=O)[nH]c2c1. The van der Waals surface area contributed by atoms with Crippen LogP contribution in [0.4, 0.5) is 5.69 Å². The van der Waals surface area contributed by atoms with Gasteiger partial charge in [-0.05, 0) is 18.2 Å². The maximum Gasteiger partial charge on any atom is 0.328 e. The molecule has 1 aromatic heterocycles. The summed E-state index contributed by atoms with van der Waals surface area (Å²) in [5, 5.41) is 8.46. The third-order valence-electron chi connectivity index (χ3n) is 2.59. The number of likely N-dealkylation sites (N-methyl/N-ethyl adjacent to an activating group) is 1. The lowest BCUT2D eigenvalue weighted by atomic mass is 10.2. The van der Waals surface area contributed by atoms with Gasteiger partial charge in [-0.1, -0.05) is 0 Å². The Bertz CT molecular complexity index is 726. The van der Waals surface area contributed by atoms with E-state index < -0.39 is 11.9 Å². The zero-order chi connectivity index (χ0) is 14.0. The van der Waals surface area contributed by atoms with Gasteiger partial charge in [-0.3, -0.25) is 4.79 Å². The van der Waals surface area contributed by atoms with Crippen molar-refractivity contribution in [3.63, 3.8) is 0 Å². The molecule has 0 fully saturated rings. The molecule has 7 heteroatoms. The number of nitrogens with one attached hydrogen (secondary N) is 2. The molecule has 7 nitrogen and oxygen atoms in total. The fourth-order valence-electron chi connectivity index (χ4n) is 1.61. The second kappa shape index (κ2) is 4.81. The van der Waals surface area contributed by atoms with E-state index in [1.165, 1.54) is 11.9 Å². The summed E-state index contributed by atoms with van der Waals surface area (Å²) in [6.45, 7) is 0. The lowest BCUT2D eigenvalue weighted by Crippen LogP contribution is -2.24. The molecule has 1 aromatic carbocycles. The van der Waals surface area contributed by atoms with Crippen molar-refractivity contribution in [2.45, 2.75) is 0 Å². The zero-order valence-corrected chi connectivity index (χ0v) is 10.0. The van der Waals surface area contributed by atoms with Crippen LogP contribution in [0.3, 0.4) is 0 Å². The van der Waals surface area contributed by atoms with Gasteiger partial charge in [0, 0.05) is 24.9 Å². The predicted octanol–water partition coefficient (Wildman–Crippen LogP) is 0.460. The smallest absolute Gasteiger partial charge is 0.328 e. The molecule has 1 amide bonds. The third kappa shape index (κ3) is 2.71. The van der Waals surface area contributed by atoms with E-state index in [0.717, 1.165) is 12.2 Å². The molecule has 1 heterocycles. The number of imidazole rings is 1. The van der Waals surface area contributed by atoms with E-state index in [2.05, 4.69) is 9.97 Å². The molecule has 0 aliphatic heterocycles. The van der Waals surface area contributed by atoms with Gasteiger partial charge in [-0.2, -0.15) is 0 Å². The summed E-state index contributed by atoms with van der Waals surface area (Å²) in [6, 6.07) is 4.94. The summed E-state index contributed by atoms with van der Waals surface area (Å²) < 4.78 is 0. The minimum absolute atomic E-state index is 0.327. The number of fused-ring (bicyclic) bond motifs is 1. The van der Waals surface area contributed by atoms with Crippen molar-refractivity contribution < 1.29 is 14.7 Å². The quantitative estimate of drug-likeness (QED) is 0.698. The maximum absolute atomic E-state index is 11.7. The normalized spacial score (nSPS) is 11.0. The van der Waals surface area contributed by atoms with Crippen LogP contribution in [0.25, 0.3) is 11.0 Å². The molecule has 0 aliphatic rings. The lowest BCUT2D eigenvalue weighted by molar-refractivity contribution is -0.131. The number of nitrogens with zero attached hydrogens (tertiary/aromatic N) is 1. The number of carbonyl (C=O) groups excluding carboxylic acids is 1. The highest BCUT2D eigenvalue weighted by Gasteiger charge is 2.09. The fourth-order valence-corrected chi connectivity index (χ4v) is 1.61. The summed E-state index contributed by atoms with van der Waals surface area (Å²) in [5.41, 5.74) is 1.43. The number of aromatic amines is 2. The molecule has 98 valence electrons. The Morgan fingerprint density at radius 2 is 1.89 bits per heavy atom. The van der Waals surface area contributed by atoms with Crippen LogP contribution < -0.4 is 10.6 Å². The van der Waals surface area contributed by atoms with E-state index in [9.17, 15) is 14.4 Å². The number of hydrogen-bond acceptors (Lipinski definition) is 3. The Labute approximate surface area is 107 Å². The van der Waals surface area contributed by atoms with Crippen molar-refractivity contribution in [2.24, 2.45) is 0 Å². The number of amides is 1.